The fourth-order valence-corrected chi connectivity index (χ4v) is 1.55. The molecule has 0 bridgehead atoms. The predicted octanol–water partition coefficient (Wildman–Crippen LogP) is 2.48. The lowest BCUT2D eigenvalue weighted by Crippen LogP contribution is -2.49. The zero-order chi connectivity index (χ0) is 14.5. The summed E-state index contributed by atoms with van der Waals surface area (Å²) in [6, 6.07) is 8.75. The number of urea groups is 1. The van der Waals surface area contributed by atoms with Gasteiger partial charge in [0.25, 0.3) is 0 Å². The van der Waals surface area contributed by atoms with Crippen molar-refractivity contribution in [3.05, 3.63) is 30.3 Å². The first-order chi connectivity index (χ1) is 8.79. The fraction of sp³-hybridized carbons (Fsp3) is 0.429. The number of benzene rings is 1. The van der Waals surface area contributed by atoms with Crippen LogP contribution in [0.25, 0.3) is 0 Å². The Hall–Kier alpha value is -2.04. The van der Waals surface area contributed by atoms with E-state index in [2.05, 4.69) is 5.32 Å². The molecular formula is C14H20N2O3. The molecule has 19 heavy (non-hydrogen) atoms. The van der Waals surface area contributed by atoms with Gasteiger partial charge in [0, 0.05) is 17.8 Å². The van der Waals surface area contributed by atoms with E-state index >= 15 is 0 Å². The van der Waals surface area contributed by atoms with Crippen LogP contribution in [0, 0.1) is 0 Å². The van der Waals surface area contributed by atoms with Gasteiger partial charge in [-0.2, -0.15) is 0 Å². The standard InChI is InChI=1S/C14H20N2O3/c1-14(2,3)15-13(19)16(10-9-12(17)18)11-7-5-4-6-8-11/h4-8H,9-10H2,1-3H3,(H,15,19)(H,17,18). The van der Waals surface area contributed by atoms with E-state index in [1.165, 1.54) is 4.90 Å². The molecule has 5 nitrogen and oxygen atoms in total. The first-order valence-electron chi connectivity index (χ1n) is 6.16. The van der Waals surface area contributed by atoms with E-state index in [0.29, 0.717) is 5.69 Å². The number of hydrogen-bond acceptors (Lipinski definition) is 2. The van der Waals surface area contributed by atoms with Crippen molar-refractivity contribution < 1.29 is 14.7 Å². The third-order valence-electron chi connectivity index (χ3n) is 2.34. The maximum Gasteiger partial charge on any atom is 0.322 e. The van der Waals surface area contributed by atoms with E-state index in [1.807, 2.05) is 39.0 Å². The van der Waals surface area contributed by atoms with Gasteiger partial charge in [-0.15, -0.1) is 0 Å². The molecule has 0 aliphatic carbocycles. The smallest absolute Gasteiger partial charge is 0.322 e. The minimum Gasteiger partial charge on any atom is -0.481 e. The summed E-state index contributed by atoms with van der Waals surface area (Å²) in [5.41, 5.74) is 0.318. The van der Waals surface area contributed by atoms with Crippen molar-refractivity contribution in [1.29, 1.82) is 0 Å². The summed E-state index contributed by atoms with van der Waals surface area (Å²) in [4.78, 5) is 24.3. The molecule has 0 radical (unpaired) electrons. The molecule has 0 aromatic heterocycles. The average Bonchev–Trinajstić information content (AvgIpc) is 2.27. The second-order valence-corrected chi connectivity index (χ2v) is 5.31. The normalized spacial score (nSPS) is 10.9. The molecule has 2 N–H and O–H groups in total. The SMILES string of the molecule is CC(C)(C)NC(=O)N(CCC(=O)O)c1ccccc1. The molecule has 1 aromatic carbocycles. The van der Waals surface area contributed by atoms with Gasteiger partial charge in [-0.3, -0.25) is 9.69 Å². The zero-order valence-corrected chi connectivity index (χ0v) is 11.5. The molecular weight excluding hydrogens is 244 g/mol. The van der Waals surface area contributed by atoms with Crippen LogP contribution < -0.4 is 10.2 Å². The molecule has 0 fully saturated rings. The summed E-state index contributed by atoms with van der Waals surface area (Å²) >= 11 is 0. The first kappa shape index (κ1) is 15.0. The summed E-state index contributed by atoms with van der Waals surface area (Å²) < 4.78 is 0. The molecule has 5 heteroatoms. The summed E-state index contributed by atoms with van der Waals surface area (Å²) in [6.07, 6.45) is -0.0908. The van der Waals surface area contributed by atoms with Gasteiger partial charge < -0.3 is 10.4 Å². The molecule has 0 spiro atoms. The van der Waals surface area contributed by atoms with E-state index in [9.17, 15) is 9.59 Å². The number of rotatable bonds is 4. The van der Waals surface area contributed by atoms with Gasteiger partial charge in [0.15, 0.2) is 0 Å². The van der Waals surface area contributed by atoms with Crippen molar-refractivity contribution in [3.63, 3.8) is 0 Å². The van der Waals surface area contributed by atoms with Gasteiger partial charge in [-0.05, 0) is 32.9 Å². The van der Waals surface area contributed by atoms with E-state index in [1.54, 1.807) is 12.1 Å². The van der Waals surface area contributed by atoms with Crippen LogP contribution in [0.3, 0.4) is 0 Å². The highest BCUT2D eigenvalue weighted by molar-refractivity contribution is 5.92. The number of amides is 2. The minimum atomic E-state index is -0.926. The summed E-state index contributed by atoms with van der Waals surface area (Å²) in [6.45, 7) is 5.78. The molecule has 2 amide bonds. The molecule has 0 atom stereocenters. The number of carbonyl (C=O) groups is 2. The number of carbonyl (C=O) groups excluding carboxylic acids is 1. The van der Waals surface area contributed by atoms with Gasteiger partial charge in [0.2, 0.25) is 0 Å². The largest absolute Gasteiger partial charge is 0.481 e. The molecule has 0 aliphatic rings. The Balaban J connectivity index is 2.86. The first-order valence-corrected chi connectivity index (χ1v) is 6.16. The lowest BCUT2D eigenvalue weighted by atomic mass is 10.1. The lowest BCUT2D eigenvalue weighted by Gasteiger charge is -2.28. The Morgan fingerprint density at radius 1 is 1.21 bits per heavy atom. The lowest BCUT2D eigenvalue weighted by molar-refractivity contribution is -0.136. The fourth-order valence-electron chi connectivity index (χ4n) is 1.55. The summed E-state index contributed by atoms with van der Waals surface area (Å²) in [5.74, 6) is -0.926. The van der Waals surface area contributed by atoms with Gasteiger partial charge >= 0.3 is 12.0 Å². The number of hydrogen-bond donors (Lipinski definition) is 2. The molecule has 0 unspecified atom stereocenters. The highest BCUT2D eigenvalue weighted by Crippen LogP contribution is 2.15. The number of anilines is 1. The summed E-state index contributed by atoms with van der Waals surface area (Å²) in [7, 11) is 0. The van der Waals surface area contributed by atoms with Gasteiger partial charge in [-0.1, -0.05) is 18.2 Å². The second kappa shape index (κ2) is 6.22. The van der Waals surface area contributed by atoms with E-state index in [-0.39, 0.29) is 24.5 Å². The maximum atomic E-state index is 12.2. The quantitative estimate of drug-likeness (QED) is 0.877. The number of nitrogens with one attached hydrogen (secondary N) is 1. The minimum absolute atomic E-state index is 0.0908. The Bertz CT molecular complexity index is 438. The Morgan fingerprint density at radius 3 is 2.26 bits per heavy atom. The third-order valence-corrected chi connectivity index (χ3v) is 2.34. The second-order valence-electron chi connectivity index (χ2n) is 5.31. The number of carboxylic acid groups (broad SMARTS) is 1. The van der Waals surface area contributed by atoms with Crippen LogP contribution in [0.2, 0.25) is 0 Å². The predicted molar refractivity (Wildman–Crippen MR) is 74.3 cm³/mol. The molecule has 1 rings (SSSR count). The molecule has 0 heterocycles. The third kappa shape index (κ3) is 5.42. The van der Waals surface area contributed by atoms with Crippen molar-refractivity contribution in [2.24, 2.45) is 0 Å². The van der Waals surface area contributed by atoms with E-state index < -0.39 is 5.97 Å². The van der Waals surface area contributed by atoms with Gasteiger partial charge in [0.05, 0.1) is 6.42 Å². The van der Waals surface area contributed by atoms with Gasteiger partial charge in [0.1, 0.15) is 0 Å². The van der Waals surface area contributed by atoms with Crippen LogP contribution in [-0.2, 0) is 4.79 Å². The Kier molecular flexibility index (Phi) is 4.92. The van der Waals surface area contributed by atoms with Crippen molar-refractivity contribution in [3.8, 4) is 0 Å². The average molecular weight is 264 g/mol. The highest BCUT2D eigenvalue weighted by Gasteiger charge is 2.21. The topological polar surface area (TPSA) is 69.6 Å². The molecule has 104 valence electrons. The van der Waals surface area contributed by atoms with Gasteiger partial charge in [-0.25, -0.2) is 4.79 Å². The van der Waals surface area contributed by atoms with Crippen LogP contribution in [0.5, 0.6) is 0 Å². The number of aliphatic carboxylic acids is 1. The summed E-state index contributed by atoms with van der Waals surface area (Å²) in [5, 5.41) is 11.6. The zero-order valence-electron chi connectivity index (χ0n) is 11.5. The van der Waals surface area contributed by atoms with Crippen molar-refractivity contribution in [2.45, 2.75) is 32.7 Å². The molecule has 0 saturated heterocycles. The van der Waals surface area contributed by atoms with Crippen LogP contribution >= 0.6 is 0 Å². The monoisotopic (exact) mass is 264 g/mol. The number of nitrogens with zero attached hydrogens (tertiary/aromatic N) is 1. The number of carboxylic acids is 1. The van der Waals surface area contributed by atoms with Crippen LogP contribution in [-0.4, -0.2) is 29.2 Å². The highest BCUT2D eigenvalue weighted by atomic mass is 16.4. The van der Waals surface area contributed by atoms with Crippen molar-refractivity contribution in [1.82, 2.24) is 5.32 Å². The number of para-hydroxylation sites is 1. The maximum absolute atomic E-state index is 12.2. The molecule has 0 aliphatic heterocycles. The Morgan fingerprint density at radius 2 is 1.79 bits per heavy atom. The van der Waals surface area contributed by atoms with Crippen LogP contribution in [0.1, 0.15) is 27.2 Å². The van der Waals surface area contributed by atoms with Crippen LogP contribution in [0.15, 0.2) is 30.3 Å². The van der Waals surface area contributed by atoms with Crippen molar-refractivity contribution in [2.75, 3.05) is 11.4 Å². The van der Waals surface area contributed by atoms with E-state index in [0.717, 1.165) is 0 Å². The molecule has 0 saturated carbocycles. The van der Waals surface area contributed by atoms with Crippen molar-refractivity contribution >= 4 is 17.7 Å². The van der Waals surface area contributed by atoms with Crippen LogP contribution in [0.4, 0.5) is 10.5 Å². The van der Waals surface area contributed by atoms with E-state index in [4.69, 9.17) is 5.11 Å². The molecule has 1 aromatic rings. The Labute approximate surface area is 113 Å².